The summed E-state index contributed by atoms with van der Waals surface area (Å²) in [5.41, 5.74) is 5.99. The smallest absolute Gasteiger partial charge is 0.143 e. The molecule has 0 aliphatic heterocycles. The summed E-state index contributed by atoms with van der Waals surface area (Å²) in [6, 6.07) is 6.05. The second kappa shape index (κ2) is 6.87. The Morgan fingerprint density at radius 2 is 2.00 bits per heavy atom. The van der Waals surface area contributed by atoms with Crippen LogP contribution in [-0.2, 0) is 0 Å². The van der Waals surface area contributed by atoms with Crippen LogP contribution >= 0.6 is 0 Å². The average Bonchev–Trinajstić information content (AvgIpc) is 2.22. The van der Waals surface area contributed by atoms with Crippen molar-refractivity contribution in [1.82, 2.24) is 5.43 Å². The molecule has 0 saturated carbocycles. The van der Waals surface area contributed by atoms with Crippen LogP contribution in [0.3, 0.4) is 0 Å². The molecule has 0 fully saturated rings. The Labute approximate surface area is 83.5 Å². The van der Waals surface area contributed by atoms with Crippen LogP contribution in [-0.4, -0.2) is 7.05 Å². The molecule has 0 saturated heterocycles. The molecule has 0 atom stereocenters. The lowest BCUT2D eigenvalue weighted by Crippen LogP contribution is -2.14. The van der Waals surface area contributed by atoms with Crippen molar-refractivity contribution in [3.63, 3.8) is 0 Å². The molecule has 0 bridgehead atoms. The largest absolute Gasteiger partial charge is 0.322 e. The normalized spacial score (nSPS) is 8.21. The molecule has 0 spiro atoms. The van der Waals surface area contributed by atoms with Gasteiger partial charge >= 0.3 is 0 Å². The summed E-state index contributed by atoms with van der Waals surface area (Å²) in [7, 11) is 1.68. The van der Waals surface area contributed by atoms with Crippen LogP contribution in [0.5, 0.6) is 0 Å². The van der Waals surface area contributed by atoms with Gasteiger partial charge in [-0.15, -0.1) is 0 Å². The number of hydrogen-bond acceptors (Lipinski definition) is 3. The zero-order valence-corrected chi connectivity index (χ0v) is 8.56. The maximum atomic E-state index is 12.9. The van der Waals surface area contributed by atoms with Crippen LogP contribution in [0.15, 0.2) is 18.2 Å². The van der Waals surface area contributed by atoms with Crippen molar-refractivity contribution >= 4 is 5.69 Å². The zero-order valence-electron chi connectivity index (χ0n) is 8.56. The van der Waals surface area contributed by atoms with E-state index >= 15 is 0 Å². The summed E-state index contributed by atoms with van der Waals surface area (Å²) in [4.78, 5) is 0. The molecule has 1 rings (SSSR count). The van der Waals surface area contributed by atoms with E-state index in [-0.39, 0.29) is 5.56 Å². The van der Waals surface area contributed by atoms with Crippen molar-refractivity contribution in [2.45, 2.75) is 13.8 Å². The number of nitrogens with zero attached hydrogens (tertiary/aromatic N) is 1. The summed E-state index contributed by atoms with van der Waals surface area (Å²) < 4.78 is 12.9. The molecule has 0 aliphatic carbocycles. The summed E-state index contributed by atoms with van der Waals surface area (Å²) in [6.45, 7) is 4.00. The van der Waals surface area contributed by atoms with E-state index < -0.39 is 5.82 Å². The van der Waals surface area contributed by atoms with Gasteiger partial charge in [0.1, 0.15) is 11.9 Å². The number of nitrogens with one attached hydrogen (secondary N) is 2. The van der Waals surface area contributed by atoms with Crippen LogP contribution in [0.1, 0.15) is 19.4 Å². The van der Waals surface area contributed by atoms with Crippen molar-refractivity contribution in [1.29, 1.82) is 5.26 Å². The zero-order chi connectivity index (χ0) is 11.0. The van der Waals surface area contributed by atoms with Gasteiger partial charge in [0.25, 0.3) is 0 Å². The SMILES string of the molecule is CC.CNNc1ccc(C#N)c(F)c1. The Morgan fingerprint density at radius 3 is 2.43 bits per heavy atom. The molecular weight excluding hydrogens is 181 g/mol. The molecule has 14 heavy (non-hydrogen) atoms. The number of rotatable bonds is 2. The van der Waals surface area contributed by atoms with Crippen molar-refractivity contribution < 1.29 is 4.39 Å². The third-order valence-electron chi connectivity index (χ3n) is 1.36. The maximum absolute atomic E-state index is 12.9. The highest BCUT2D eigenvalue weighted by Crippen LogP contribution is 2.12. The van der Waals surface area contributed by atoms with E-state index in [9.17, 15) is 4.39 Å². The van der Waals surface area contributed by atoms with E-state index in [4.69, 9.17) is 5.26 Å². The van der Waals surface area contributed by atoms with E-state index in [0.29, 0.717) is 5.69 Å². The van der Waals surface area contributed by atoms with Gasteiger partial charge in [0.2, 0.25) is 0 Å². The third-order valence-corrected chi connectivity index (χ3v) is 1.36. The molecule has 0 heterocycles. The molecule has 0 unspecified atom stereocenters. The molecule has 76 valence electrons. The fraction of sp³-hybridized carbons (Fsp3) is 0.300. The molecule has 4 heteroatoms. The Kier molecular flexibility index (Phi) is 6.08. The fourth-order valence-corrected chi connectivity index (χ4v) is 0.828. The van der Waals surface area contributed by atoms with Crippen molar-refractivity contribution in [3.05, 3.63) is 29.6 Å². The van der Waals surface area contributed by atoms with Crippen LogP contribution in [0.2, 0.25) is 0 Å². The minimum atomic E-state index is -0.516. The van der Waals surface area contributed by atoms with Gasteiger partial charge in [-0.3, -0.25) is 0 Å². The van der Waals surface area contributed by atoms with Gasteiger partial charge in [0, 0.05) is 7.05 Å². The van der Waals surface area contributed by atoms with Crippen molar-refractivity contribution in [2.75, 3.05) is 12.5 Å². The van der Waals surface area contributed by atoms with Gasteiger partial charge in [-0.05, 0) is 18.2 Å². The number of nitriles is 1. The van der Waals surface area contributed by atoms with E-state index in [1.807, 2.05) is 13.8 Å². The molecule has 0 aromatic heterocycles. The number of halogens is 1. The summed E-state index contributed by atoms with van der Waals surface area (Å²) >= 11 is 0. The van der Waals surface area contributed by atoms with E-state index in [0.717, 1.165) is 0 Å². The first-order valence-electron chi connectivity index (χ1n) is 4.40. The van der Waals surface area contributed by atoms with Gasteiger partial charge in [-0.1, -0.05) is 13.8 Å². The third kappa shape index (κ3) is 3.42. The highest BCUT2D eigenvalue weighted by molar-refractivity contribution is 5.47. The van der Waals surface area contributed by atoms with Gasteiger partial charge in [0.15, 0.2) is 0 Å². The van der Waals surface area contributed by atoms with Gasteiger partial charge in [-0.2, -0.15) is 5.26 Å². The Morgan fingerprint density at radius 1 is 1.36 bits per heavy atom. The highest BCUT2D eigenvalue weighted by Gasteiger charge is 2.00. The van der Waals surface area contributed by atoms with Crippen LogP contribution < -0.4 is 10.9 Å². The lowest BCUT2D eigenvalue weighted by atomic mass is 10.2. The second-order valence-electron chi connectivity index (χ2n) is 2.18. The van der Waals surface area contributed by atoms with Crippen molar-refractivity contribution in [3.8, 4) is 6.07 Å². The van der Waals surface area contributed by atoms with E-state index in [2.05, 4.69) is 10.9 Å². The van der Waals surface area contributed by atoms with E-state index in [1.54, 1.807) is 19.2 Å². The van der Waals surface area contributed by atoms with Crippen LogP contribution in [0.4, 0.5) is 10.1 Å². The number of anilines is 1. The average molecular weight is 195 g/mol. The predicted octanol–water partition coefficient (Wildman–Crippen LogP) is 2.27. The fourth-order valence-electron chi connectivity index (χ4n) is 0.828. The number of hydrogen-bond donors (Lipinski definition) is 2. The van der Waals surface area contributed by atoms with Crippen molar-refractivity contribution in [2.24, 2.45) is 0 Å². The second-order valence-corrected chi connectivity index (χ2v) is 2.18. The molecule has 1 aromatic carbocycles. The summed E-state index contributed by atoms with van der Waals surface area (Å²) in [5.74, 6) is -0.516. The topological polar surface area (TPSA) is 47.8 Å². The van der Waals surface area contributed by atoms with Gasteiger partial charge in [-0.25, -0.2) is 9.82 Å². The first-order chi connectivity index (χ1) is 6.77. The standard InChI is InChI=1S/C8H8FN3.C2H6/c1-11-12-7-3-2-6(5-10)8(9)4-7;1-2/h2-4,11-12H,1H3;1-2H3. The lowest BCUT2D eigenvalue weighted by molar-refractivity contribution is 0.624. The molecule has 0 amide bonds. The highest BCUT2D eigenvalue weighted by atomic mass is 19.1. The molecule has 3 nitrogen and oxygen atoms in total. The van der Waals surface area contributed by atoms with Gasteiger partial charge < -0.3 is 5.43 Å². The Bertz CT molecular complexity index is 318. The molecular formula is C10H14FN3. The summed E-state index contributed by atoms with van der Waals surface area (Å²) in [5, 5.41) is 8.41. The maximum Gasteiger partial charge on any atom is 0.143 e. The Hall–Kier alpha value is -1.60. The van der Waals surface area contributed by atoms with E-state index in [1.165, 1.54) is 12.1 Å². The first-order valence-corrected chi connectivity index (χ1v) is 4.40. The minimum Gasteiger partial charge on any atom is -0.322 e. The quantitative estimate of drug-likeness (QED) is 0.712. The molecule has 1 aromatic rings. The van der Waals surface area contributed by atoms with Gasteiger partial charge in [0.05, 0.1) is 11.3 Å². The first kappa shape index (κ1) is 12.4. The predicted molar refractivity (Wildman–Crippen MR) is 55.1 cm³/mol. The monoisotopic (exact) mass is 195 g/mol. The summed E-state index contributed by atoms with van der Waals surface area (Å²) in [6.07, 6.45) is 0. The molecule has 0 radical (unpaired) electrons. The molecule has 0 aliphatic rings. The molecule has 2 N–H and O–H groups in total. The van der Waals surface area contributed by atoms with Crippen LogP contribution in [0, 0.1) is 17.1 Å². The Balaban J connectivity index is 0.000000791. The van der Waals surface area contributed by atoms with Crippen LogP contribution in [0.25, 0.3) is 0 Å². The number of benzene rings is 1. The minimum absolute atomic E-state index is 0.0525. The number of hydrazine groups is 1. The lowest BCUT2D eigenvalue weighted by Gasteiger charge is -2.03.